The number of fused-ring (bicyclic) bond motifs is 1. The number of amides is 1. The number of likely N-dealkylation sites (tertiary alicyclic amines) is 1. The number of aryl methyl sites for hydroxylation is 2. The van der Waals surface area contributed by atoms with Crippen molar-refractivity contribution in [2.75, 3.05) is 19.7 Å². The maximum Gasteiger partial charge on any atom is 0.272 e. The molecule has 0 bridgehead atoms. The van der Waals surface area contributed by atoms with Crippen molar-refractivity contribution in [1.29, 1.82) is 0 Å². The lowest BCUT2D eigenvalue weighted by Crippen LogP contribution is -2.37. The van der Waals surface area contributed by atoms with Crippen molar-refractivity contribution < 1.29 is 9.53 Å². The molecule has 134 valence electrons. The molecule has 0 unspecified atom stereocenters. The maximum absolute atomic E-state index is 12.5. The molecule has 0 radical (unpaired) electrons. The molecule has 2 aromatic heterocycles. The SMILES string of the molecule is CCc1c(C)[nH]n2c(=O)cc([C@@H]3CCN(C(=O)[C@H]4CCCO4)C3)nc12. The molecule has 2 aliphatic rings. The van der Waals surface area contributed by atoms with Crippen LogP contribution in [-0.2, 0) is 16.0 Å². The summed E-state index contributed by atoms with van der Waals surface area (Å²) in [5.41, 5.74) is 3.47. The minimum absolute atomic E-state index is 0.0875. The molecule has 0 aromatic carbocycles. The van der Waals surface area contributed by atoms with Gasteiger partial charge in [0.1, 0.15) is 6.10 Å². The summed E-state index contributed by atoms with van der Waals surface area (Å²) < 4.78 is 7.03. The van der Waals surface area contributed by atoms with E-state index in [1.165, 1.54) is 4.52 Å². The molecule has 0 saturated carbocycles. The van der Waals surface area contributed by atoms with Gasteiger partial charge in [-0.15, -0.1) is 0 Å². The van der Waals surface area contributed by atoms with Crippen LogP contribution >= 0.6 is 0 Å². The number of rotatable bonds is 3. The van der Waals surface area contributed by atoms with Gasteiger partial charge in [-0.1, -0.05) is 6.92 Å². The zero-order valence-electron chi connectivity index (χ0n) is 14.7. The Bertz CT molecular complexity index is 863. The Balaban J connectivity index is 1.60. The lowest BCUT2D eigenvalue weighted by atomic mass is 10.0. The Hall–Kier alpha value is -2.15. The number of carbonyl (C=O) groups is 1. The van der Waals surface area contributed by atoms with Crippen LogP contribution < -0.4 is 5.56 Å². The lowest BCUT2D eigenvalue weighted by molar-refractivity contribution is -0.139. The van der Waals surface area contributed by atoms with Crippen LogP contribution in [0.25, 0.3) is 5.65 Å². The van der Waals surface area contributed by atoms with Gasteiger partial charge in [-0.05, 0) is 32.6 Å². The molecular formula is C18H24N4O3. The third kappa shape index (κ3) is 2.76. The Morgan fingerprint density at radius 1 is 1.44 bits per heavy atom. The topological polar surface area (TPSA) is 79.7 Å². The van der Waals surface area contributed by atoms with E-state index in [2.05, 4.69) is 12.0 Å². The van der Waals surface area contributed by atoms with Gasteiger partial charge in [-0.3, -0.25) is 14.7 Å². The zero-order chi connectivity index (χ0) is 17.6. The minimum Gasteiger partial charge on any atom is -0.368 e. The van der Waals surface area contributed by atoms with Gasteiger partial charge in [0.25, 0.3) is 11.5 Å². The van der Waals surface area contributed by atoms with Crippen molar-refractivity contribution in [3.05, 3.63) is 33.4 Å². The zero-order valence-corrected chi connectivity index (χ0v) is 14.7. The molecule has 25 heavy (non-hydrogen) atoms. The van der Waals surface area contributed by atoms with E-state index >= 15 is 0 Å². The lowest BCUT2D eigenvalue weighted by Gasteiger charge is -2.20. The fraction of sp³-hybridized carbons (Fsp3) is 0.611. The quantitative estimate of drug-likeness (QED) is 0.912. The van der Waals surface area contributed by atoms with E-state index in [4.69, 9.17) is 9.72 Å². The first kappa shape index (κ1) is 16.3. The third-order valence-corrected chi connectivity index (χ3v) is 5.42. The monoisotopic (exact) mass is 344 g/mol. The second-order valence-corrected chi connectivity index (χ2v) is 7.02. The number of H-pyrrole nitrogens is 1. The second-order valence-electron chi connectivity index (χ2n) is 7.02. The fourth-order valence-corrected chi connectivity index (χ4v) is 4.02. The Morgan fingerprint density at radius 2 is 2.28 bits per heavy atom. The van der Waals surface area contributed by atoms with E-state index in [0.717, 1.165) is 42.6 Å². The maximum atomic E-state index is 12.5. The minimum atomic E-state index is -0.279. The molecule has 4 rings (SSSR count). The average molecular weight is 344 g/mol. The highest BCUT2D eigenvalue weighted by atomic mass is 16.5. The smallest absolute Gasteiger partial charge is 0.272 e. The molecule has 1 amide bonds. The first-order valence-corrected chi connectivity index (χ1v) is 9.10. The summed E-state index contributed by atoms with van der Waals surface area (Å²) in [6, 6.07) is 1.60. The van der Waals surface area contributed by atoms with Crippen LogP contribution in [0.2, 0.25) is 0 Å². The summed E-state index contributed by atoms with van der Waals surface area (Å²) in [4.78, 5) is 31.6. The fourth-order valence-electron chi connectivity index (χ4n) is 4.02. The Morgan fingerprint density at radius 3 is 3.00 bits per heavy atom. The molecule has 0 aliphatic carbocycles. The molecule has 2 atom stereocenters. The van der Waals surface area contributed by atoms with Crippen LogP contribution in [0.4, 0.5) is 0 Å². The number of ether oxygens (including phenoxy) is 1. The third-order valence-electron chi connectivity index (χ3n) is 5.42. The van der Waals surface area contributed by atoms with E-state index < -0.39 is 0 Å². The van der Waals surface area contributed by atoms with Gasteiger partial charge < -0.3 is 9.64 Å². The van der Waals surface area contributed by atoms with E-state index in [1.54, 1.807) is 6.07 Å². The number of aromatic nitrogens is 3. The van der Waals surface area contributed by atoms with Crippen LogP contribution in [0.5, 0.6) is 0 Å². The van der Waals surface area contributed by atoms with Gasteiger partial charge in [0.05, 0.1) is 5.69 Å². The molecule has 2 aliphatic heterocycles. The summed E-state index contributed by atoms with van der Waals surface area (Å²) in [5.74, 6) is 0.201. The van der Waals surface area contributed by atoms with Crippen molar-refractivity contribution in [1.82, 2.24) is 19.5 Å². The average Bonchev–Trinajstić information content (AvgIpc) is 3.33. The molecule has 7 heteroatoms. The van der Waals surface area contributed by atoms with Gasteiger partial charge in [-0.2, -0.15) is 0 Å². The first-order valence-electron chi connectivity index (χ1n) is 9.10. The molecule has 7 nitrogen and oxygen atoms in total. The molecule has 4 heterocycles. The number of aromatic amines is 1. The summed E-state index contributed by atoms with van der Waals surface area (Å²) in [6.07, 6.45) is 3.15. The van der Waals surface area contributed by atoms with Crippen LogP contribution in [0.3, 0.4) is 0 Å². The number of nitrogens with zero attached hydrogens (tertiary/aromatic N) is 3. The van der Waals surface area contributed by atoms with Gasteiger partial charge in [0.2, 0.25) is 0 Å². The van der Waals surface area contributed by atoms with E-state index in [9.17, 15) is 9.59 Å². The van der Waals surface area contributed by atoms with E-state index in [1.807, 2.05) is 11.8 Å². The van der Waals surface area contributed by atoms with E-state index in [0.29, 0.717) is 25.3 Å². The highest BCUT2D eigenvalue weighted by Gasteiger charge is 2.34. The summed E-state index contributed by atoms with van der Waals surface area (Å²) in [6.45, 7) is 6.02. The number of hydrogen-bond donors (Lipinski definition) is 1. The number of nitrogens with one attached hydrogen (secondary N) is 1. The largest absolute Gasteiger partial charge is 0.368 e. The van der Waals surface area contributed by atoms with Crippen molar-refractivity contribution in [3.8, 4) is 0 Å². The second kappa shape index (κ2) is 6.29. The van der Waals surface area contributed by atoms with E-state index in [-0.39, 0.29) is 23.5 Å². The summed E-state index contributed by atoms with van der Waals surface area (Å²) in [7, 11) is 0. The van der Waals surface area contributed by atoms with Gasteiger partial charge >= 0.3 is 0 Å². The van der Waals surface area contributed by atoms with Crippen LogP contribution in [0.15, 0.2) is 10.9 Å². The molecular weight excluding hydrogens is 320 g/mol. The highest BCUT2D eigenvalue weighted by molar-refractivity contribution is 5.81. The van der Waals surface area contributed by atoms with Gasteiger partial charge in [0, 0.05) is 42.9 Å². The molecule has 2 aromatic rings. The number of hydrogen-bond acceptors (Lipinski definition) is 4. The van der Waals surface area contributed by atoms with Crippen molar-refractivity contribution >= 4 is 11.6 Å². The summed E-state index contributed by atoms with van der Waals surface area (Å²) in [5, 5.41) is 3.09. The van der Waals surface area contributed by atoms with Gasteiger partial charge in [-0.25, -0.2) is 9.50 Å². The van der Waals surface area contributed by atoms with Crippen molar-refractivity contribution in [3.63, 3.8) is 0 Å². The molecule has 0 spiro atoms. The molecule has 1 N–H and O–H groups in total. The first-order chi connectivity index (χ1) is 12.1. The summed E-state index contributed by atoms with van der Waals surface area (Å²) >= 11 is 0. The van der Waals surface area contributed by atoms with Crippen molar-refractivity contribution in [2.24, 2.45) is 0 Å². The number of carbonyl (C=O) groups excluding carboxylic acids is 1. The molecule has 2 fully saturated rings. The Kier molecular flexibility index (Phi) is 4.11. The predicted octanol–water partition coefficient (Wildman–Crippen LogP) is 1.39. The highest BCUT2D eigenvalue weighted by Crippen LogP contribution is 2.28. The van der Waals surface area contributed by atoms with Crippen LogP contribution in [0.1, 0.15) is 49.1 Å². The van der Waals surface area contributed by atoms with Crippen LogP contribution in [0, 0.1) is 6.92 Å². The van der Waals surface area contributed by atoms with Crippen LogP contribution in [-0.4, -0.2) is 51.2 Å². The molecule has 2 saturated heterocycles. The Labute approximate surface area is 146 Å². The standard InChI is InChI=1S/C18H24N4O3/c1-3-13-11(2)20-22-16(23)9-14(19-17(13)22)12-6-7-21(10-12)18(24)15-5-4-8-25-15/h9,12,15,20H,3-8,10H2,1-2H3/t12-,15-/m1/s1. The van der Waals surface area contributed by atoms with Crippen molar-refractivity contribution in [2.45, 2.75) is 51.6 Å². The predicted molar refractivity (Wildman–Crippen MR) is 92.8 cm³/mol. The normalized spacial score (nSPS) is 23.7. The van der Waals surface area contributed by atoms with Gasteiger partial charge in [0.15, 0.2) is 5.65 Å².